The van der Waals surface area contributed by atoms with Crippen molar-refractivity contribution in [3.05, 3.63) is 40.8 Å². The van der Waals surface area contributed by atoms with Crippen molar-refractivity contribution in [2.24, 2.45) is 0 Å². The summed E-state index contributed by atoms with van der Waals surface area (Å²) in [6, 6.07) is 8.35. The number of thiazole rings is 1. The molecule has 0 bridgehead atoms. The molecular weight excluding hydrogens is 452 g/mol. The molecule has 34 heavy (non-hydrogen) atoms. The van der Waals surface area contributed by atoms with Gasteiger partial charge in [0.05, 0.1) is 0 Å². The number of benzene rings is 1. The van der Waals surface area contributed by atoms with Crippen molar-refractivity contribution in [2.75, 3.05) is 56.5 Å². The van der Waals surface area contributed by atoms with Gasteiger partial charge < -0.3 is 20.0 Å². The van der Waals surface area contributed by atoms with Crippen LogP contribution in [-0.4, -0.2) is 95.8 Å². The molecule has 4 heterocycles. The molecule has 3 fully saturated rings. The first kappa shape index (κ1) is 22.8. The van der Waals surface area contributed by atoms with Gasteiger partial charge in [-0.1, -0.05) is 6.07 Å². The molecule has 3 aliphatic rings. The van der Waals surface area contributed by atoms with E-state index in [1.54, 1.807) is 11.1 Å². The van der Waals surface area contributed by atoms with Gasteiger partial charge in [-0.2, -0.15) is 0 Å². The quantitative estimate of drug-likeness (QED) is 0.699. The van der Waals surface area contributed by atoms with E-state index in [0.29, 0.717) is 44.0 Å². The first-order valence-electron chi connectivity index (χ1n) is 11.8. The van der Waals surface area contributed by atoms with Gasteiger partial charge in [0.1, 0.15) is 0 Å². The second kappa shape index (κ2) is 9.71. The molecule has 2 unspecified atom stereocenters. The predicted octanol–water partition coefficient (Wildman–Crippen LogP) is 1.74. The Labute approximate surface area is 203 Å². The highest BCUT2D eigenvalue weighted by Gasteiger charge is 2.36. The maximum Gasteiger partial charge on any atom is 0.282 e. The van der Waals surface area contributed by atoms with Gasteiger partial charge in [0.25, 0.3) is 5.91 Å². The number of piperidine rings is 1. The summed E-state index contributed by atoms with van der Waals surface area (Å²) in [6.07, 6.45) is 3.53. The van der Waals surface area contributed by atoms with E-state index in [1.165, 1.54) is 11.3 Å². The van der Waals surface area contributed by atoms with Crippen LogP contribution in [0.25, 0.3) is 0 Å². The SMILES string of the molecule is CN1CC(Nc2cccc(N3CC(N4CCN(C(=O)c5nccs5)CC4)CC3=O)c2)CCC1=O. The van der Waals surface area contributed by atoms with Gasteiger partial charge in [0, 0.05) is 94.2 Å². The number of nitrogens with one attached hydrogen (secondary N) is 1. The minimum Gasteiger partial charge on any atom is -0.380 e. The van der Waals surface area contributed by atoms with Crippen LogP contribution < -0.4 is 10.2 Å². The van der Waals surface area contributed by atoms with Crippen molar-refractivity contribution in [1.82, 2.24) is 19.7 Å². The van der Waals surface area contributed by atoms with Crippen LogP contribution in [0.1, 0.15) is 29.1 Å². The Bertz CT molecular complexity index is 1050. The Balaban J connectivity index is 1.17. The molecule has 1 aromatic heterocycles. The zero-order valence-corrected chi connectivity index (χ0v) is 20.2. The van der Waals surface area contributed by atoms with Crippen LogP contribution in [0.2, 0.25) is 0 Å². The summed E-state index contributed by atoms with van der Waals surface area (Å²) in [5, 5.41) is 5.89. The van der Waals surface area contributed by atoms with Crippen molar-refractivity contribution in [3.8, 4) is 0 Å². The Morgan fingerprint density at radius 3 is 2.68 bits per heavy atom. The molecular formula is C24H30N6O3S. The predicted molar refractivity (Wildman–Crippen MR) is 131 cm³/mol. The number of hydrogen-bond acceptors (Lipinski definition) is 7. The van der Waals surface area contributed by atoms with E-state index < -0.39 is 0 Å². The fourth-order valence-corrected chi connectivity index (χ4v) is 5.67. The van der Waals surface area contributed by atoms with Gasteiger partial charge >= 0.3 is 0 Å². The number of likely N-dealkylation sites (tertiary alicyclic amines) is 1. The number of hydrogen-bond donors (Lipinski definition) is 1. The third kappa shape index (κ3) is 4.78. The molecule has 5 rings (SSSR count). The molecule has 0 aliphatic carbocycles. The van der Waals surface area contributed by atoms with Gasteiger partial charge in [-0.25, -0.2) is 4.98 Å². The number of rotatable bonds is 5. The number of nitrogens with zero attached hydrogens (tertiary/aromatic N) is 5. The third-order valence-electron chi connectivity index (χ3n) is 6.99. The highest BCUT2D eigenvalue weighted by molar-refractivity contribution is 7.11. The Morgan fingerprint density at radius 2 is 1.94 bits per heavy atom. The summed E-state index contributed by atoms with van der Waals surface area (Å²) in [5.74, 6) is 0.317. The zero-order chi connectivity index (χ0) is 23.7. The highest BCUT2D eigenvalue weighted by Crippen LogP contribution is 2.28. The van der Waals surface area contributed by atoms with Crippen LogP contribution in [0.15, 0.2) is 35.8 Å². The van der Waals surface area contributed by atoms with Gasteiger partial charge in [-0.05, 0) is 24.6 Å². The summed E-state index contributed by atoms with van der Waals surface area (Å²) in [4.78, 5) is 49.2. The standard InChI is InChI=1S/C24H30N6O3S/c1-27-15-18(5-6-21(27)31)26-17-3-2-4-19(13-17)30-16-20(14-22(30)32)28-8-10-29(11-9-28)24(33)23-25-7-12-34-23/h2-4,7,12-13,18,20,26H,5-6,8-11,14-16H2,1H3. The molecule has 180 valence electrons. The van der Waals surface area contributed by atoms with Gasteiger partial charge in [-0.3, -0.25) is 19.3 Å². The number of carbonyl (C=O) groups excluding carboxylic acids is 3. The van der Waals surface area contributed by atoms with E-state index in [1.807, 2.05) is 46.5 Å². The summed E-state index contributed by atoms with van der Waals surface area (Å²) in [7, 11) is 1.84. The van der Waals surface area contributed by atoms with Gasteiger partial charge in [0.2, 0.25) is 11.8 Å². The number of anilines is 2. The molecule has 0 saturated carbocycles. The number of piperazine rings is 1. The summed E-state index contributed by atoms with van der Waals surface area (Å²) < 4.78 is 0. The van der Waals surface area contributed by atoms with Crippen LogP contribution in [0.5, 0.6) is 0 Å². The smallest absolute Gasteiger partial charge is 0.282 e. The van der Waals surface area contributed by atoms with E-state index in [0.717, 1.165) is 30.9 Å². The minimum absolute atomic E-state index is 0.00313. The molecule has 1 N–H and O–H groups in total. The number of amides is 3. The second-order valence-electron chi connectivity index (χ2n) is 9.23. The summed E-state index contributed by atoms with van der Waals surface area (Å²) >= 11 is 1.37. The normalized spacial score (nSPS) is 24.1. The average Bonchev–Trinajstić information content (AvgIpc) is 3.52. The molecule has 2 aromatic rings. The number of carbonyl (C=O) groups is 3. The van der Waals surface area contributed by atoms with Crippen molar-refractivity contribution >= 4 is 40.4 Å². The summed E-state index contributed by atoms with van der Waals surface area (Å²) in [6.45, 7) is 4.17. The minimum atomic E-state index is -0.00313. The van der Waals surface area contributed by atoms with E-state index in [-0.39, 0.29) is 29.8 Å². The molecule has 3 saturated heterocycles. The van der Waals surface area contributed by atoms with E-state index in [9.17, 15) is 14.4 Å². The highest BCUT2D eigenvalue weighted by atomic mass is 32.1. The van der Waals surface area contributed by atoms with E-state index in [2.05, 4.69) is 15.2 Å². The number of likely N-dealkylation sites (N-methyl/N-ethyl adjacent to an activating group) is 1. The average molecular weight is 483 g/mol. The first-order valence-corrected chi connectivity index (χ1v) is 12.7. The lowest BCUT2D eigenvalue weighted by Crippen LogP contribution is -2.52. The van der Waals surface area contributed by atoms with Crippen LogP contribution in [0, 0.1) is 0 Å². The fourth-order valence-electron chi connectivity index (χ4n) is 5.07. The topological polar surface area (TPSA) is 89.1 Å². The van der Waals surface area contributed by atoms with Gasteiger partial charge in [-0.15, -0.1) is 11.3 Å². The maximum atomic E-state index is 12.9. The Morgan fingerprint density at radius 1 is 1.12 bits per heavy atom. The molecule has 3 aliphatic heterocycles. The molecule has 0 radical (unpaired) electrons. The fraction of sp³-hybridized carbons (Fsp3) is 0.500. The first-order chi connectivity index (χ1) is 16.5. The molecule has 10 heteroatoms. The second-order valence-corrected chi connectivity index (χ2v) is 10.1. The largest absolute Gasteiger partial charge is 0.380 e. The van der Waals surface area contributed by atoms with Crippen molar-refractivity contribution in [2.45, 2.75) is 31.3 Å². The molecule has 2 atom stereocenters. The third-order valence-corrected chi connectivity index (χ3v) is 7.75. The zero-order valence-electron chi connectivity index (χ0n) is 19.4. The molecule has 0 spiro atoms. The van der Waals surface area contributed by atoms with Crippen LogP contribution in [0.3, 0.4) is 0 Å². The van der Waals surface area contributed by atoms with Crippen molar-refractivity contribution < 1.29 is 14.4 Å². The molecule has 9 nitrogen and oxygen atoms in total. The molecule has 3 amide bonds. The van der Waals surface area contributed by atoms with Crippen molar-refractivity contribution in [1.29, 1.82) is 0 Å². The lowest BCUT2D eigenvalue weighted by Gasteiger charge is -2.37. The van der Waals surface area contributed by atoms with Crippen LogP contribution in [0.4, 0.5) is 11.4 Å². The summed E-state index contributed by atoms with van der Waals surface area (Å²) in [5.41, 5.74) is 1.87. The van der Waals surface area contributed by atoms with Gasteiger partial charge in [0.15, 0.2) is 5.01 Å². The number of aromatic nitrogens is 1. The maximum absolute atomic E-state index is 12.9. The van der Waals surface area contributed by atoms with Crippen LogP contribution >= 0.6 is 11.3 Å². The monoisotopic (exact) mass is 482 g/mol. The van der Waals surface area contributed by atoms with E-state index in [4.69, 9.17) is 0 Å². The van der Waals surface area contributed by atoms with E-state index >= 15 is 0 Å². The van der Waals surface area contributed by atoms with Crippen LogP contribution in [-0.2, 0) is 9.59 Å². The Kier molecular flexibility index (Phi) is 6.51. The molecule has 1 aromatic carbocycles. The lowest BCUT2D eigenvalue weighted by atomic mass is 10.1. The Hall–Kier alpha value is -2.98. The van der Waals surface area contributed by atoms with Crippen molar-refractivity contribution in [3.63, 3.8) is 0 Å². The lowest BCUT2D eigenvalue weighted by molar-refractivity contribution is -0.132.